The Morgan fingerprint density at radius 2 is 2.15 bits per heavy atom. The van der Waals surface area contributed by atoms with Gasteiger partial charge in [0.05, 0.1) is 13.2 Å². The summed E-state index contributed by atoms with van der Waals surface area (Å²) in [5.41, 5.74) is 0.950. The van der Waals surface area contributed by atoms with Crippen LogP contribution in [0.5, 0.6) is 0 Å². The van der Waals surface area contributed by atoms with Crippen LogP contribution >= 0.6 is 0 Å². The maximum Gasteiger partial charge on any atom is 0.160 e. The molecule has 0 aromatic heterocycles. The molecule has 0 aliphatic carbocycles. The highest BCUT2D eigenvalue weighted by molar-refractivity contribution is 5.03. The average Bonchev–Trinajstić information content (AvgIpc) is 2.27. The smallest absolute Gasteiger partial charge is 0.160 e. The molecule has 1 aliphatic heterocycles. The Balaban J connectivity index is 2.51. The molecule has 13 heavy (non-hydrogen) atoms. The third kappa shape index (κ3) is 2.79. The van der Waals surface area contributed by atoms with Gasteiger partial charge in [-0.1, -0.05) is 20.4 Å². The summed E-state index contributed by atoms with van der Waals surface area (Å²) in [6, 6.07) is 0. The lowest BCUT2D eigenvalue weighted by molar-refractivity contribution is -0.156. The van der Waals surface area contributed by atoms with E-state index in [0.29, 0.717) is 19.1 Å². The van der Waals surface area contributed by atoms with E-state index >= 15 is 0 Å². The lowest BCUT2D eigenvalue weighted by atomic mass is 10.2. The van der Waals surface area contributed by atoms with E-state index < -0.39 is 0 Å². The largest absolute Gasteiger partial charge is 0.375 e. The maximum atomic E-state index is 5.53. The number of hydrogen-bond acceptors (Lipinski definition) is 3. The molecule has 1 fully saturated rings. The maximum absolute atomic E-state index is 5.53. The molecule has 1 heterocycles. The van der Waals surface area contributed by atoms with Crippen molar-refractivity contribution < 1.29 is 14.2 Å². The molecule has 2 atom stereocenters. The van der Waals surface area contributed by atoms with Crippen LogP contribution in [0.1, 0.15) is 13.8 Å². The molecule has 2 unspecified atom stereocenters. The molecule has 0 spiro atoms. The Hall–Kier alpha value is -0.380. The van der Waals surface area contributed by atoms with E-state index in [9.17, 15) is 0 Å². The van der Waals surface area contributed by atoms with E-state index in [1.807, 2.05) is 0 Å². The molecule has 3 nitrogen and oxygen atoms in total. The zero-order valence-electron chi connectivity index (χ0n) is 8.58. The van der Waals surface area contributed by atoms with Crippen LogP contribution in [-0.4, -0.2) is 32.7 Å². The van der Waals surface area contributed by atoms with Crippen molar-refractivity contribution in [2.45, 2.75) is 26.2 Å². The molecule has 0 radical (unpaired) electrons. The summed E-state index contributed by atoms with van der Waals surface area (Å²) in [4.78, 5) is 0. The first-order valence-corrected chi connectivity index (χ1v) is 4.58. The van der Waals surface area contributed by atoms with E-state index in [-0.39, 0.29) is 12.4 Å². The van der Waals surface area contributed by atoms with Crippen LogP contribution < -0.4 is 0 Å². The van der Waals surface area contributed by atoms with Crippen LogP contribution in [0.4, 0.5) is 0 Å². The van der Waals surface area contributed by atoms with Crippen LogP contribution in [-0.2, 0) is 14.2 Å². The monoisotopic (exact) mass is 186 g/mol. The van der Waals surface area contributed by atoms with Crippen molar-refractivity contribution in [3.63, 3.8) is 0 Å². The van der Waals surface area contributed by atoms with Crippen molar-refractivity contribution in [3.8, 4) is 0 Å². The van der Waals surface area contributed by atoms with Gasteiger partial charge in [-0.05, 0) is 5.57 Å². The zero-order chi connectivity index (χ0) is 9.84. The van der Waals surface area contributed by atoms with Gasteiger partial charge in [-0.3, -0.25) is 0 Å². The number of rotatable bonds is 2. The normalized spacial score (nSPS) is 30.6. The van der Waals surface area contributed by atoms with Gasteiger partial charge in [-0.2, -0.15) is 0 Å². The summed E-state index contributed by atoms with van der Waals surface area (Å²) in [5, 5.41) is 0. The summed E-state index contributed by atoms with van der Waals surface area (Å²) in [5.74, 6) is 0.364. The molecule has 76 valence electrons. The lowest BCUT2D eigenvalue weighted by Crippen LogP contribution is -2.24. The summed E-state index contributed by atoms with van der Waals surface area (Å²) >= 11 is 0. The van der Waals surface area contributed by atoms with Crippen molar-refractivity contribution >= 4 is 0 Å². The molecular weight excluding hydrogens is 168 g/mol. The van der Waals surface area contributed by atoms with Gasteiger partial charge in [0.25, 0.3) is 0 Å². The number of hydrogen-bond donors (Lipinski definition) is 0. The van der Waals surface area contributed by atoms with Gasteiger partial charge in [0.1, 0.15) is 6.10 Å². The van der Waals surface area contributed by atoms with E-state index in [2.05, 4.69) is 20.4 Å². The fourth-order valence-electron chi connectivity index (χ4n) is 1.25. The van der Waals surface area contributed by atoms with Gasteiger partial charge in [0, 0.05) is 13.0 Å². The predicted molar refractivity (Wildman–Crippen MR) is 50.5 cm³/mol. The number of methoxy groups -OCH3 is 1. The first-order valence-electron chi connectivity index (χ1n) is 4.58. The Morgan fingerprint density at radius 3 is 2.69 bits per heavy atom. The van der Waals surface area contributed by atoms with E-state index in [1.54, 1.807) is 7.11 Å². The molecule has 3 heteroatoms. The van der Waals surface area contributed by atoms with Crippen LogP contribution in [0.2, 0.25) is 0 Å². The van der Waals surface area contributed by atoms with Gasteiger partial charge in [0.2, 0.25) is 0 Å². The van der Waals surface area contributed by atoms with Crippen LogP contribution in [0.3, 0.4) is 0 Å². The molecule has 1 aliphatic rings. The highest BCUT2D eigenvalue weighted by Gasteiger charge is 2.23. The third-order valence-electron chi connectivity index (χ3n) is 2.13. The van der Waals surface area contributed by atoms with Crippen molar-refractivity contribution in [1.29, 1.82) is 0 Å². The minimum absolute atomic E-state index is 0.0243. The first-order chi connectivity index (χ1) is 6.15. The summed E-state index contributed by atoms with van der Waals surface area (Å²) in [6.07, 6.45) is -0.152. The fourth-order valence-corrected chi connectivity index (χ4v) is 1.25. The minimum atomic E-state index is -0.128. The molecule has 0 aromatic rings. The van der Waals surface area contributed by atoms with Gasteiger partial charge in [-0.15, -0.1) is 0 Å². The molecule has 0 bridgehead atoms. The molecule has 0 N–H and O–H groups in total. The molecule has 0 amide bonds. The topological polar surface area (TPSA) is 27.7 Å². The molecular formula is C10H18O3. The van der Waals surface area contributed by atoms with E-state index in [1.165, 1.54) is 0 Å². The van der Waals surface area contributed by atoms with Gasteiger partial charge >= 0.3 is 0 Å². The number of ether oxygens (including phenoxy) is 3. The summed E-state index contributed by atoms with van der Waals surface area (Å²) < 4.78 is 16.2. The lowest BCUT2D eigenvalue weighted by Gasteiger charge is -2.18. The van der Waals surface area contributed by atoms with Crippen LogP contribution in [0.25, 0.3) is 0 Å². The molecule has 0 saturated carbocycles. The third-order valence-corrected chi connectivity index (χ3v) is 2.13. The van der Waals surface area contributed by atoms with Crippen molar-refractivity contribution in [2.24, 2.45) is 5.92 Å². The summed E-state index contributed by atoms with van der Waals surface area (Å²) in [6.45, 7) is 9.10. The van der Waals surface area contributed by atoms with Crippen molar-refractivity contribution in [3.05, 3.63) is 12.2 Å². The Morgan fingerprint density at radius 1 is 1.46 bits per heavy atom. The van der Waals surface area contributed by atoms with E-state index in [4.69, 9.17) is 14.2 Å². The molecule has 1 saturated heterocycles. The van der Waals surface area contributed by atoms with Gasteiger partial charge in [0.15, 0.2) is 6.29 Å². The second-order valence-corrected chi connectivity index (χ2v) is 3.64. The average molecular weight is 186 g/mol. The highest BCUT2D eigenvalue weighted by atomic mass is 16.7. The highest BCUT2D eigenvalue weighted by Crippen LogP contribution is 2.17. The molecule has 0 aromatic carbocycles. The Kier molecular flexibility index (Phi) is 3.90. The Labute approximate surface area is 79.7 Å². The van der Waals surface area contributed by atoms with Gasteiger partial charge < -0.3 is 14.2 Å². The predicted octanol–water partition coefficient (Wildman–Crippen LogP) is 1.59. The zero-order valence-corrected chi connectivity index (χ0v) is 8.58. The second kappa shape index (κ2) is 4.74. The standard InChI is InChI=1S/C10H18O3/c1-7(2)10-12-5-8(3)9(11-4)6-13-10/h7,9-10H,3,5-6H2,1-2,4H3. The van der Waals surface area contributed by atoms with Crippen LogP contribution in [0.15, 0.2) is 12.2 Å². The molecule has 1 rings (SSSR count). The quantitative estimate of drug-likeness (QED) is 0.613. The fraction of sp³-hybridized carbons (Fsp3) is 0.800. The van der Waals surface area contributed by atoms with E-state index in [0.717, 1.165) is 5.57 Å². The Bertz CT molecular complexity index is 177. The SMILES string of the molecule is C=C1COC(C(C)C)OCC1OC. The van der Waals surface area contributed by atoms with Crippen LogP contribution in [0, 0.1) is 5.92 Å². The minimum Gasteiger partial charge on any atom is -0.375 e. The van der Waals surface area contributed by atoms with Crippen molar-refractivity contribution in [1.82, 2.24) is 0 Å². The second-order valence-electron chi connectivity index (χ2n) is 3.64. The summed E-state index contributed by atoms with van der Waals surface area (Å²) in [7, 11) is 1.66. The van der Waals surface area contributed by atoms with Crippen molar-refractivity contribution in [2.75, 3.05) is 20.3 Å². The first kappa shape index (κ1) is 10.7. The van der Waals surface area contributed by atoms with Gasteiger partial charge in [-0.25, -0.2) is 0 Å².